The summed E-state index contributed by atoms with van der Waals surface area (Å²) in [5.74, 6) is -6.83. The van der Waals surface area contributed by atoms with E-state index in [2.05, 4.69) is 12.2 Å². The van der Waals surface area contributed by atoms with Crippen LogP contribution in [0, 0.1) is 11.8 Å². The van der Waals surface area contributed by atoms with E-state index in [1.807, 2.05) is 0 Å². The Morgan fingerprint density at radius 3 is 2.46 bits per heavy atom. The summed E-state index contributed by atoms with van der Waals surface area (Å²) < 4.78 is 0. The number of phenols is 1. The first-order valence-corrected chi connectivity index (χ1v) is 12.5. The smallest absolute Gasteiger partial charge is 0.255 e. The van der Waals surface area contributed by atoms with Crippen LogP contribution in [0.25, 0.3) is 5.76 Å². The third kappa shape index (κ3) is 3.61. The molecule has 2 saturated carbocycles. The van der Waals surface area contributed by atoms with E-state index in [4.69, 9.17) is 17.3 Å². The first-order chi connectivity index (χ1) is 17.2. The van der Waals surface area contributed by atoms with Gasteiger partial charge in [0, 0.05) is 28.6 Å². The van der Waals surface area contributed by atoms with E-state index < -0.39 is 58.0 Å². The number of nitrogens with two attached hydrogens (primary N) is 1. The van der Waals surface area contributed by atoms with Crippen molar-refractivity contribution in [2.24, 2.45) is 17.6 Å². The number of aliphatic hydroxyl groups is 3. The van der Waals surface area contributed by atoms with Gasteiger partial charge in [-0.2, -0.15) is 0 Å². The Balaban J connectivity index is 1.65. The van der Waals surface area contributed by atoms with Gasteiger partial charge in [0.25, 0.3) is 5.91 Å². The fourth-order valence-electron chi connectivity index (χ4n) is 6.15. The van der Waals surface area contributed by atoms with E-state index in [1.54, 1.807) is 14.1 Å². The van der Waals surface area contributed by atoms with Gasteiger partial charge in [-0.05, 0) is 69.8 Å². The van der Waals surface area contributed by atoms with Crippen molar-refractivity contribution in [1.82, 2.24) is 10.2 Å². The maximum Gasteiger partial charge on any atom is 0.255 e. The molecule has 11 heteroatoms. The molecular formula is C26H30ClN3O7. The van der Waals surface area contributed by atoms with E-state index in [9.17, 15) is 34.8 Å². The van der Waals surface area contributed by atoms with Crippen molar-refractivity contribution in [1.29, 1.82) is 0 Å². The molecule has 7 N–H and O–H groups in total. The third-order valence-electron chi connectivity index (χ3n) is 8.43. The lowest BCUT2D eigenvalue weighted by molar-refractivity contribution is -0.153. The quantitative estimate of drug-likeness (QED) is 0.306. The van der Waals surface area contributed by atoms with E-state index in [0.717, 1.165) is 12.8 Å². The summed E-state index contributed by atoms with van der Waals surface area (Å²) in [6.07, 6.45) is 2.25. The lowest BCUT2D eigenvalue weighted by Gasteiger charge is -2.50. The van der Waals surface area contributed by atoms with Crippen molar-refractivity contribution in [3.05, 3.63) is 44.7 Å². The SMILES string of the molecule is CN(C)[C@@H]1C(=O)C(C(N)=O)=C(O)[C@@]2(O)C(=O)C3=C(O)c4c(O)cc(CNC5(C)CC5)c(Cl)c4C[C@H]3C[C@@H]12. The number of nitrogens with zero attached hydrogens (tertiary/aromatic N) is 1. The molecule has 0 aromatic heterocycles. The third-order valence-corrected chi connectivity index (χ3v) is 8.91. The summed E-state index contributed by atoms with van der Waals surface area (Å²) in [6.45, 7) is 2.50. The molecule has 0 aliphatic heterocycles. The summed E-state index contributed by atoms with van der Waals surface area (Å²) in [5.41, 5.74) is 2.76. The first kappa shape index (κ1) is 25.7. The monoisotopic (exact) mass is 531 g/mol. The Morgan fingerprint density at radius 2 is 1.89 bits per heavy atom. The Kier molecular flexibility index (Phi) is 5.76. The number of ketones is 2. The zero-order valence-electron chi connectivity index (χ0n) is 20.8. The average molecular weight is 532 g/mol. The summed E-state index contributed by atoms with van der Waals surface area (Å²) in [5, 5.41) is 48.3. The standard InChI is InChI=1S/C26H30ClN3O7/c1-25(4-5-25)29-9-11-8-14(31)16-12(18(11)27)6-10-7-13-19(30(2)3)21(33)17(24(28)36)23(35)26(13,37)22(34)15(10)20(16)32/h8,10,13,19,29,31-32,35,37H,4-7,9H2,1-3H3,(H2,28,36)/t10-,13-,19-,26-/m0/s1. The number of rotatable bonds is 5. The normalized spacial score (nSPS) is 30.3. The molecule has 4 aliphatic rings. The number of likely N-dealkylation sites (N-methyl/N-ethyl adjacent to an activating group) is 1. The minimum absolute atomic E-state index is 0.0114. The molecule has 37 heavy (non-hydrogen) atoms. The van der Waals surface area contributed by atoms with Gasteiger partial charge in [0.1, 0.15) is 22.8 Å². The van der Waals surface area contributed by atoms with E-state index in [0.29, 0.717) is 22.7 Å². The Bertz CT molecular complexity index is 1330. The molecule has 0 spiro atoms. The number of nitrogens with one attached hydrogen (secondary N) is 1. The van der Waals surface area contributed by atoms with Crippen molar-refractivity contribution in [3.8, 4) is 5.75 Å². The maximum atomic E-state index is 13.8. The van der Waals surface area contributed by atoms with Crippen LogP contribution in [0.4, 0.5) is 0 Å². The number of halogens is 1. The summed E-state index contributed by atoms with van der Waals surface area (Å²) in [6, 6.07) is 0.308. The van der Waals surface area contributed by atoms with Gasteiger partial charge in [-0.15, -0.1) is 0 Å². The maximum absolute atomic E-state index is 13.8. The number of aliphatic hydroxyl groups excluding tert-OH is 2. The highest BCUT2D eigenvalue weighted by molar-refractivity contribution is 6.32. The number of hydrogen-bond acceptors (Lipinski definition) is 9. The van der Waals surface area contributed by atoms with Crippen LogP contribution in [0.5, 0.6) is 5.75 Å². The van der Waals surface area contributed by atoms with Crippen molar-refractivity contribution >= 4 is 34.8 Å². The van der Waals surface area contributed by atoms with E-state index >= 15 is 0 Å². The first-order valence-electron chi connectivity index (χ1n) is 12.2. The van der Waals surface area contributed by atoms with Crippen molar-refractivity contribution in [3.63, 3.8) is 0 Å². The van der Waals surface area contributed by atoms with Crippen LogP contribution in [0.15, 0.2) is 23.0 Å². The van der Waals surface area contributed by atoms with Crippen LogP contribution in [-0.2, 0) is 27.3 Å². The minimum atomic E-state index is -2.66. The fraction of sp³-hybridized carbons (Fsp3) is 0.500. The largest absolute Gasteiger partial charge is 0.508 e. The molecule has 1 aromatic rings. The van der Waals surface area contributed by atoms with Crippen LogP contribution in [0.3, 0.4) is 0 Å². The number of aromatic hydroxyl groups is 1. The number of benzene rings is 1. The number of phenolic OH excluding ortho intramolecular Hbond substituents is 1. The molecule has 1 aromatic carbocycles. The fourth-order valence-corrected chi connectivity index (χ4v) is 6.44. The van der Waals surface area contributed by atoms with Crippen molar-refractivity contribution < 1.29 is 34.8 Å². The molecule has 4 atom stereocenters. The van der Waals surface area contributed by atoms with Crippen molar-refractivity contribution in [2.75, 3.05) is 14.1 Å². The van der Waals surface area contributed by atoms with Crippen LogP contribution in [-0.4, -0.2) is 74.1 Å². The Hall–Kier alpha value is -2.92. The highest BCUT2D eigenvalue weighted by atomic mass is 35.5. The van der Waals surface area contributed by atoms with Crippen LogP contribution >= 0.6 is 11.6 Å². The van der Waals surface area contributed by atoms with Crippen LogP contribution < -0.4 is 11.1 Å². The molecular weight excluding hydrogens is 502 g/mol. The zero-order chi connectivity index (χ0) is 27.2. The number of carbonyl (C=O) groups excluding carboxylic acids is 3. The van der Waals surface area contributed by atoms with Gasteiger partial charge in [0.15, 0.2) is 11.4 Å². The minimum Gasteiger partial charge on any atom is -0.508 e. The molecule has 0 bridgehead atoms. The van der Waals surface area contributed by atoms with Crippen LogP contribution in [0.1, 0.15) is 42.9 Å². The molecule has 10 nitrogen and oxygen atoms in total. The van der Waals surface area contributed by atoms with Gasteiger partial charge in [0.2, 0.25) is 5.78 Å². The highest BCUT2D eigenvalue weighted by Crippen LogP contribution is 2.53. The predicted molar refractivity (Wildman–Crippen MR) is 134 cm³/mol. The highest BCUT2D eigenvalue weighted by Gasteiger charge is 2.64. The second-order valence-electron chi connectivity index (χ2n) is 11.1. The Morgan fingerprint density at radius 1 is 1.24 bits per heavy atom. The second kappa shape index (κ2) is 8.29. The van der Waals surface area contributed by atoms with E-state index in [-0.39, 0.29) is 35.3 Å². The van der Waals surface area contributed by atoms with Gasteiger partial charge >= 0.3 is 0 Å². The van der Waals surface area contributed by atoms with Gasteiger partial charge in [-0.25, -0.2) is 0 Å². The summed E-state index contributed by atoms with van der Waals surface area (Å²) in [7, 11) is 3.12. The molecule has 198 valence electrons. The topological polar surface area (TPSA) is 173 Å². The molecule has 0 heterocycles. The molecule has 0 radical (unpaired) electrons. The van der Waals surface area contributed by atoms with Crippen molar-refractivity contribution in [2.45, 2.75) is 56.3 Å². The van der Waals surface area contributed by atoms with Gasteiger partial charge < -0.3 is 31.5 Å². The second-order valence-corrected chi connectivity index (χ2v) is 11.5. The number of fused-ring (bicyclic) bond motifs is 3. The number of primary amides is 1. The van der Waals surface area contributed by atoms with Gasteiger partial charge in [0.05, 0.1) is 11.6 Å². The van der Waals surface area contributed by atoms with E-state index in [1.165, 1.54) is 11.0 Å². The lowest BCUT2D eigenvalue weighted by atomic mass is 9.57. The lowest BCUT2D eigenvalue weighted by Crippen LogP contribution is -2.65. The number of hydrogen-bond donors (Lipinski definition) is 6. The molecule has 0 unspecified atom stereocenters. The van der Waals surface area contributed by atoms with Gasteiger partial charge in [-0.1, -0.05) is 11.6 Å². The predicted octanol–water partition coefficient (Wildman–Crippen LogP) is 1.26. The summed E-state index contributed by atoms with van der Waals surface area (Å²) >= 11 is 6.74. The zero-order valence-corrected chi connectivity index (χ0v) is 21.5. The molecule has 1 amide bonds. The molecule has 2 fully saturated rings. The molecule has 0 saturated heterocycles. The summed E-state index contributed by atoms with van der Waals surface area (Å²) in [4.78, 5) is 40.4. The number of Topliss-reactive ketones (excluding diaryl/α,β-unsaturated/α-hetero) is 2. The number of amides is 1. The van der Waals surface area contributed by atoms with Crippen LogP contribution in [0.2, 0.25) is 5.02 Å². The van der Waals surface area contributed by atoms with Gasteiger partial charge in [-0.3, -0.25) is 19.3 Å². The average Bonchev–Trinajstić information content (AvgIpc) is 3.54. The molecule has 5 rings (SSSR count). The Labute approximate surface area is 218 Å². The molecule has 4 aliphatic carbocycles. The number of carbonyl (C=O) groups is 3.